The van der Waals surface area contributed by atoms with Gasteiger partial charge in [-0.15, -0.1) is 5.10 Å². The predicted octanol–water partition coefficient (Wildman–Crippen LogP) is 3.31. The molecule has 0 spiro atoms. The first-order valence-electron chi connectivity index (χ1n) is 6.12. The summed E-state index contributed by atoms with van der Waals surface area (Å²) in [5.74, 6) is -0.299. The van der Waals surface area contributed by atoms with E-state index >= 15 is 0 Å². The van der Waals surface area contributed by atoms with Crippen molar-refractivity contribution >= 4 is 27.8 Å². The van der Waals surface area contributed by atoms with Crippen LogP contribution in [0.15, 0.2) is 58.7 Å². The van der Waals surface area contributed by atoms with Crippen molar-refractivity contribution in [2.45, 2.75) is 0 Å². The average molecular weight is 285 g/mol. The number of benzene rings is 2. The lowest BCUT2D eigenvalue weighted by Crippen LogP contribution is -2.08. The lowest BCUT2D eigenvalue weighted by molar-refractivity contribution is 0.626. The maximum absolute atomic E-state index is 13.4. The normalized spacial score (nSPS) is 12.6. The lowest BCUT2D eigenvalue weighted by atomic mass is 10.2. The third-order valence-corrected chi connectivity index (χ3v) is 4.06. The molecule has 0 bridgehead atoms. The molecule has 2 aromatic carbocycles. The average Bonchev–Trinajstić information content (AvgIpc) is 2.78. The first-order valence-corrected chi connectivity index (χ1v) is 6.93. The Bertz CT molecular complexity index is 845. The zero-order chi connectivity index (χ0) is 13.9. The van der Waals surface area contributed by atoms with Gasteiger partial charge in [0.05, 0.1) is 16.4 Å². The van der Waals surface area contributed by atoms with Crippen molar-refractivity contribution in [3.05, 3.63) is 64.7 Å². The number of thiazole rings is 1. The number of nitrogens with zero attached hydrogens (tertiary/aromatic N) is 3. The van der Waals surface area contributed by atoms with Crippen LogP contribution in [0.3, 0.4) is 0 Å². The second kappa shape index (κ2) is 5.38. The Kier molecular flexibility index (Phi) is 3.43. The molecule has 0 amide bonds. The van der Waals surface area contributed by atoms with Gasteiger partial charge in [-0.05, 0) is 18.2 Å². The molecule has 20 heavy (non-hydrogen) atoms. The highest BCUT2D eigenvalue weighted by Gasteiger charge is 2.00. The minimum absolute atomic E-state index is 0.299. The number of hydrogen-bond acceptors (Lipinski definition) is 3. The summed E-state index contributed by atoms with van der Waals surface area (Å²) in [5.41, 5.74) is 1.54. The molecule has 3 aromatic rings. The van der Waals surface area contributed by atoms with E-state index in [1.54, 1.807) is 29.5 Å². The largest absolute Gasteiger partial charge is 0.318 e. The van der Waals surface area contributed by atoms with E-state index in [9.17, 15) is 4.39 Å². The predicted molar refractivity (Wildman–Crippen MR) is 80.4 cm³/mol. The molecular formula is C15H12FN3S. The van der Waals surface area contributed by atoms with Crippen LogP contribution in [0.4, 0.5) is 4.39 Å². The second-order valence-corrected chi connectivity index (χ2v) is 5.29. The van der Waals surface area contributed by atoms with Gasteiger partial charge >= 0.3 is 0 Å². The van der Waals surface area contributed by atoms with Crippen LogP contribution < -0.4 is 4.80 Å². The Hall–Kier alpha value is -2.27. The molecule has 5 heteroatoms. The summed E-state index contributed by atoms with van der Waals surface area (Å²) in [6.45, 7) is 0. The number of rotatable bonds is 2. The quantitative estimate of drug-likeness (QED) is 0.511. The van der Waals surface area contributed by atoms with Crippen LogP contribution >= 0.6 is 11.3 Å². The lowest BCUT2D eigenvalue weighted by Gasteiger charge is -1.93. The van der Waals surface area contributed by atoms with Crippen molar-refractivity contribution in [2.24, 2.45) is 17.3 Å². The van der Waals surface area contributed by atoms with E-state index in [0.29, 0.717) is 5.56 Å². The summed E-state index contributed by atoms with van der Waals surface area (Å²) >= 11 is 1.55. The zero-order valence-electron chi connectivity index (χ0n) is 10.8. The molecule has 0 N–H and O–H groups in total. The van der Waals surface area contributed by atoms with Crippen molar-refractivity contribution in [1.82, 2.24) is 4.57 Å². The van der Waals surface area contributed by atoms with Gasteiger partial charge in [-0.1, -0.05) is 41.7 Å². The van der Waals surface area contributed by atoms with Gasteiger partial charge in [0.2, 0.25) is 4.80 Å². The van der Waals surface area contributed by atoms with Gasteiger partial charge in [0.1, 0.15) is 5.82 Å². The van der Waals surface area contributed by atoms with Gasteiger partial charge in [-0.25, -0.2) is 4.39 Å². The van der Waals surface area contributed by atoms with Crippen LogP contribution in [0.5, 0.6) is 0 Å². The van der Waals surface area contributed by atoms with Crippen molar-refractivity contribution < 1.29 is 4.39 Å². The molecule has 0 saturated carbocycles. The number of para-hydroxylation sites is 1. The van der Waals surface area contributed by atoms with E-state index < -0.39 is 0 Å². The Balaban J connectivity index is 1.99. The summed E-state index contributed by atoms with van der Waals surface area (Å²) in [6, 6.07) is 14.5. The fourth-order valence-electron chi connectivity index (χ4n) is 1.90. The van der Waals surface area contributed by atoms with Crippen molar-refractivity contribution in [1.29, 1.82) is 0 Å². The van der Waals surface area contributed by atoms with E-state index in [2.05, 4.69) is 10.2 Å². The van der Waals surface area contributed by atoms with Gasteiger partial charge in [-0.2, -0.15) is 5.10 Å². The van der Waals surface area contributed by atoms with E-state index in [1.807, 2.05) is 35.9 Å². The summed E-state index contributed by atoms with van der Waals surface area (Å²) in [7, 11) is 1.94. The molecule has 1 aromatic heterocycles. The molecule has 3 rings (SSSR count). The highest BCUT2D eigenvalue weighted by Crippen LogP contribution is 2.15. The van der Waals surface area contributed by atoms with Crippen LogP contribution in [0.2, 0.25) is 0 Å². The Morgan fingerprint density at radius 1 is 1.10 bits per heavy atom. The highest BCUT2D eigenvalue weighted by molar-refractivity contribution is 7.16. The standard InChI is InChI=1S/C15H12FN3S/c1-19-13-8-4-5-9-14(13)20-15(19)18-17-10-11-6-2-3-7-12(11)16/h2-10H,1H3/b17-10+,18-15+. The number of hydrogen-bond donors (Lipinski definition) is 0. The van der Waals surface area contributed by atoms with E-state index in [0.717, 1.165) is 15.0 Å². The number of aryl methyl sites for hydroxylation is 1. The maximum atomic E-state index is 13.4. The third-order valence-electron chi connectivity index (χ3n) is 2.96. The SMILES string of the molecule is Cn1/c(=N\N=C\c2ccccc2F)sc2ccccc21. The van der Waals surface area contributed by atoms with Crippen molar-refractivity contribution in [3.8, 4) is 0 Å². The first kappa shape index (κ1) is 12.7. The van der Waals surface area contributed by atoms with Crippen LogP contribution in [0, 0.1) is 5.82 Å². The third kappa shape index (κ3) is 2.40. The van der Waals surface area contributed by atoms with Crippen molar-refractivity contribution in [3.63, 3.8) is 0 Å². The minimum atomic E-state index is -0.299. The molecule has 0 aliphatic rings. The van der Waals surface area contributed by atoms with Gasteiger partial charge in [-0.3, -0.25) is 0 Å². The number of fused-ring (bicyclic) bond motifs is 1. The smallest absolute Gasteiger partial charge is 0.211 e. The zero-order valence-corrected chi connectivity index (χ0v) is 11.6. The summed E-state index contributed by atoms with van der Waals surface area (Å²) in [4.78, 5) is 0.777. The Labute approximate surface area is 119 Å². The number of aromatic nitrogens is 1. The summed E-state index contributed by atoms with van der Waals surface area (Å²) < 4.78 is 16.5. The van der Waals surface area contributed by atoms with E-state index in [4.69, 9.17) is 0 Å². The van der Waals surface area contributed by atoms with Gasteiger partial charge in [0.25, 0.3) is 0 Å². The monoisotopic (exact) mass is 285 g/mol. The molecular weight excluding hydrogens is 273 g/mol. The first-order chi connectivity index (χ1) is 9.75. The molecule has 0 fully saturated rings. The molecule has 3 nitrogen and oxygen atoms in total. The fraction of sp³-hybridized carbons (Fsp3) is 0.0667. The molecule has 100 valence electrons. The fourth-order valence-corrected chi connectivity index (χ4v) is 2.87. The molecule has 0 unspecified atom stereocenters. The molecule has 0 atom stereocenters. The molecule has 0 aliphatic heterocycles. The van der Waals surface area contributed by atoms with Crippen LogP contribution in [-0.2, 0) is 7.05 Å². The van der Waals surface area contributed by atoms with Crippen LogP contribution in [-0.4, -0.2) is 10.8 Å². The second-order valence-electron chi connectivity index (χ2n) is 4.28. The number of halogens is 1. The highest BCUT2D eigenvalue weighted by atomic mass is 32.1. The minimum Gasteiger partial charge on any atom is -0.318 e. The van der Waals surface area contributed by atoms with Crippen molar-refractivity contribution in [2.75, 3.05) is 0 Å². The Morgan fingerprint density at radius 3 is 2.65 bits per heavy atom. The van der Waals surface area contributed by atoms with E-state index in [-0.39, 0.29) is 5.82 Å². The van der Waals surface area contributed by atoms with Crippen LogP contribution in [0.25, 0.3) is 10.2 Å². The van der Waals surface area contributed by atoms with E-state index in [1.165, 1.54) is 12.3 Å². The summed E-state index contributed by atoms with van der Waals surface area (Å²) in [6.07, 6.45) is 1.43. The molecule has 1 heterocycles. The molecule has 0 radical (unpaired) electrons. The van der Waals surface area contributed by atoms with Gasteiger partial charge in [0, 0.05) is 12.6 Å². The molecule has 0 saturated heterocycles. The maximum Gasteiger partial charge on any atom is 0.211 e. The van der Waals surface area contributed by atoms with Gasteiger partial charge in [0.15, 0.2) is 0 Å². The molecule has 0 aliphatic carbocycles. The topological polar surface area (TPSA) is 29.6 Å². The Morgan fingerprint density at radius 2 is 1.85 bits per heavy atom. The van der Waals surface area contributed by atoms with Crippen LogP contribution in [0.1, 0.15) is 5.56 Å². The summed E-state index contributed by atoms with van der Waals surface area (Å²) in [5, 5.41) is 8.14. The van der Waals surface area contributed by atoms with Gasteiger partial charge < -0.3 is 4.57 Å².